The van der Waals surface area contributed by atoms with Crippen molar-refractivity contribution in [1.82, 2.24) is 0 Å². The molecule has 54 heavy (non-hydrogen) atoms. The van der Waals surface area contributed by atoms with Crippen LogP contribution in [0.2, 0.25) is 0 Å². The van der Waals surface area contributed by atoms with Crippen LogP contribution in [0.5, 0.6) is 11.5 Å². The van der Waals surface area contributed by atoms with Crippen LogP contribution < -0.4 is 9.05 Å². The van der Waals surface area contributed by atoms with E-state index < -0.39 is 29.4 Å². The Hall–Kier alpha value is -2.30. The minimum Gasteiger partial charge on any atom is -0.462 e. The van der Waals surface area contributed by atoms with Gasteiger partial charge in [0.1, 0.15) is 11.5 Å². The van der Waals surface area contributed by atoms with Crippen LogP contribution >= 0.6 is 19.0 Å². The molecule has 0 saturated heterocycles. The summed E-state index contributed by atoms with van der Waals surface area (Å²) in [6, 6.07) is 7.58. The summed E-state index contributed by atoms with van der Waals surface area (Å²) in [5.41, 5.74) is 2.84. The zero-order chi connectivity index (χ0) is 41.2. The Kier molecular flexibility index (Phi) is 17.9. The quantitative estimate of drug-likeness (QED) is 0.111. The Labute approximate surface area is 335 Å². The standard InChI is InChI=1S/C46H74ClO6P/c1-17-21-23-31(19-3)29-50-41(48)33-25-35(43(5,6)7)39(36(26-33)44(8,9)10)52-54(47)53-40-37(45(11,12)13)27-34(28-38(40)46(14,15)16)42(49)51-30-32(20-4)24-22-18-2/h25-28,31-32H,17-24,29-30H2,1-16H3. The van der Waals surface area contributed by atoms with E-state index in [1.165, 1.54) is 0 Å². The maximum absolute atomic E-state index is 13.6. The van der Waals surface area contributed by atoms with Gasteiger partial charge in [-0.3, -0.25) is 0 Å². The number of ether oxygens (including phenoxy) is 2. The molecule has 2 aromatic carbocycles. The van der Waals surface area contributed by atoms with Gasteiger partial charge in [-0.25, -0.2) is 9.59 Å². The second-order valence-corrected chi connectivity index (χ2v) is 20.8. The first-order valence-corrected chi connectivity index (χ1v) is 22.5. The predicted octanol–water partition coefficient (Wildman–Crippen LogP) is 14.5. The Morgan fingerprint density at radius 2 is 0.833 bits per heavy atom. The Morgan fingerprint density at radius 3 is 1.06 bits per heavy atom. The Balaban J connectivity index is 2.63. The van der Waals surface area contributed by atoms with Gasteiger partial charge in [0.05, 0.1) is 24.3 Å². The summed E-state index contributed by atoms with van der Waals surface area (Å²) < 4.78 is 25.3. The molecule has 2 aromatic rings. The van der Waals surface area contributed by atoms with Crippen LogP contribution in [-0.4, -0.2) is 25.2 Å². The van der Waals surface area contributed by atoms with E-state index >= 15 is 0 Å². The minimum absolute atomic E-state index is 0.327. The van der Waals surface area contributed by atoms with Gasteiger partial charge in [-0.15, -0.1) is 0 Å². The fraction of sp³-hybridized carbons (Fsp3) is 0.696. The van der Waals surface area contributed by atoms with Crippen LogP contribution in [-0.2, 0) is 31.1 Å². The zero-order valence-electron chi connectivity index (χ0n) is 36.8. The molecular formula is C46H74ClO6P. The number of carbonyl (C=O) groups excluding carboxylic acids is 2. The highest BCUT2D eigenvalue weighted by Gasteiger charge is 2.35. The van der Waals surface area contributed by atoms with Gasteiger partial charge in [0.25, 0.3) is 0 Å². The maximum atomic E-state index is 13.6. The summed E-state index contributed by atoms with van der Waals surface area (Å²) in [5, 5.41) is 0. The van der Waals surface area contributed by atoms with E-state index in [0.717, 1.165) is 73.6 Å². The molecule has 0 N–H and O–H groups in total. The zero-order valence-corrected chi connectivity index (χ0v) is 38.5. The summed E-state index contributed by atoms with van der Waals surface area (Å²) in [6.07, 6.45) is 8.53. The molecule has 0 aliphatic rings. The van der Waals surface area contributed by atoms with E-state index in [-0.39, 0.29) is 11.9 Å². The van der Waals surface area contributed by atoms with Crippen molar-refractivity contribution in [3.05, 3.63) is 57.6 Å². The van der Waals surface area contributed by atoms with Crippen molar-refractivity contribution in [1.29, 1.82) is 0 Å². The molecule has 306 valence electrons. The van der Waals surface area contributed by atoms with E-state index in [0.29, 0.717) is 47.7 Å². The molecule has 0 aliphatic heterocycles. The third kappa shape index (κ3) is 14.0. The monoisotopic (exact) mass is 788 g/mol. The van der Waals surface area contributed by atoms with Gasteiger partial charge >= 0.3 is 19.7 Å². The lowest BCUT2D eigenvalue weighted by atomic mass is 9.78. The van der Waals surface area contributed by atoms with Crippen molar-refractivity contribution in [2.24, 2.45) is 11.8 Å². The van der Waals surface area contributed by atoms with E-state index in [4.69, 9.17) is 29.8 Å². The van der Waals surface area contributed by atoms with Crippen molar-refractivity contribution in [3.63, 3.8) is 0 Å². The molecule has 0 aromatic heterocycles. The molecule has 0 saturated carbocycles. The molecule has 0 aliphatic carbocycles. The molecule has 0 fully saturated rings. The fourth-order valence-electron chi connectivity index (χ4n) is 6.43. The molecule has 0 bridgehead atoms. The van der Waals surface area contributed by atoms with Gasteiger partial charge < -0.3 is 18.5 Å². The summed E-state index contributed by atoms with van der Waals surface area (Å²) in [7, 11) is -2.04. The molecule has 0 radical (unpaired) electrons. The highest BCUT2D eigenvalue weighted by atomic mass is 35.7. The highest BCUT2D eigenvalue weighted by molar-refractivity contribution is 7.76. The lowest BCUT2D eigenvalue weighted by molar-refractivity contribution is 0.0419. The lowest BCUT2D eigenvalue weighted by Crippen LogP contribution is -2.22. The second kappa shape index (κ2) is 20.2. The van der Waals surface area contributed by atoms with Crippen molar-refractivity contribution in [3.8, 4) is 11.5 Å². The maximum Gasteiger partial charge on any atom is 0.401 e. The molecule has 6 nitrogen and oxygen atoms in total. The number of halogens is 1. The number of esters is 2. The number of carbonyl (C=O) groups is 2. The molecule has 2 rings (SSSR count). The number of hydrogen-bond donors (Lipinski definition) is 0. The molecule has 0 amide bonds. The number of unbranched alkanes of at least 4 members (excludes halogenated alkanes) is 2. The lowest BCUT2D eigenvalue weighted by Gasteiger charge is -2.33. The largest absolute Gasteiger partial charge is 0.462 e. The SMILES string of the molecule is CCCCC(CC)COC(=O)c1cc(C(C)(C)C)c(OP(Cl)Oc2c(C(C)(C)C)cc(C(=O)OCC(CC)CCCC)cc2C(C)(C)C)c(C(C)(C)C)c1. The number of hydrogen-bond acceptors (Lipinski definition) is 6. The normalized spacial score (nSPS) is 14.3. The highest BCUT2D eigenvalue weighted by Crippen LogP contribution is 2.54. The van der Waals surface area contributed by atoms with Gasteiger partial charge in [0, 0.05) is 22.3 Å². The summed E-state index contributed by atoms with van der Waals surface area (Å²) in [6.45, 7) is 34.7. The first kappa shape index (κ1) is 47.9. The number of benzene rings is 2. The fourth-order valence-corrected chi connectivity index (χ4v) is 7.56. The second-order valence-electron chi connectivity index (χ2n) is 19.2. The van der Waals surface area contributed by atoms with E-state index in [2.05, 4.69) is 111 Å². The van der Waals surface area contributed by atoms with Crippen LogP contribution in [0.15, 0.2) is 24.3 Å². The van der Waals surface area contributed by atoms with Crippen LogP contribution in [0.3, 0.4) is 0 Å². The topological polar surface area (TPSA) is 71.1 Å². The van der Waals surface area contributed by atoms with E-state index in [9.17, 15) is 9.59 Å². The third-order valence-electron chi connectivity index (χ3n) is 10.2. The van der Waals surface area contributed by atoms with Gasteiger partial charge in [0.2, 0.25) is 0 Å². The van der Waals surface area contributed by atoms with Crippen LogP contribution in [0.25, 0.3) is 0 Å². The minimum atomic E-state index is -2.04. The number of rotatable bonds is 18. The molecule has 2 atom stereocenters. The molecule has 0 heterocycles. The average Bonchev–Trinajstić information content (AvgIpc) is 3.06. The molecule has 2 unspecified atom stereocenters. The predicted molar refractivity (Wildman–Crippen MR) is 229 cm³/mol. The van der Waals surface area contributed by atoms with Crippen LogP contribution in [0, 0.1) is 11.8 Å². The van der Waals surface area contributed by atoms with Crippen molar-refractivity contribution >= 4 is 30.9 Å². The summed E-state index contributed by atoms with van der Waals surface area (Å²) in [5.74, 6) is 1.27. The van der Waals surface area contributed by atoms with Crippen LogP contribution in [0.4, 0.5) is 0 Å². The van der Waals surface area contributed by atoms with Crippen molar-refractivity contribution in [2.45, 2.75) is 184 Å². The Morgan fingerprint density at radius 1 is 0.556 bits per heavy atom. The first-order chi connectivity index (χ1) is 24.9. The molecule has 8 heteroatoms. The molecule has 0 spiro atoms. The van der Waals surface area contributed by atoms with Crippen molar-refractivity contribution < 1.29 is 28.1 Å². The van der Waals surface area contributed by atoms with Crippen LogP contribution in [0.1, 0.15) is 205 Å². The van der Waals surface area contributed by atoms with Gasteiger partial charge in [-0.1, -0.05) is 149 Å². The van der Waals surface area contributed by atoms with E-state index in [1.54, 1.807) is 0 Å². The summed E-state index contributed by atoms with van der Waals surface area (Å²) in [4.78, 5) is 27.2. The average molecular weight is 790 g/mol. The Bertz CT molecular complexity index is 1340. The third-order valence-corrected chi connectivity index (χ3v) is 11.3. The van der Waals surface area contributed by atoms with Gasteiger partial charge in [0.15, 0.2) is 0 Å². The van der Waals surface area contributed by atoms with E-state index in [1.807, 2.05) is 24.3 Å². The summed E-state index contributed by atoms with van der Waals surface area (Å²) >= 11 is 7.16. The van der Waals surface area contributed by atoms with Crippen molar-refractivity contribution in [2.75, 3.05) is 13.2 Å². The molecular weight excluding hydrogens is 715 g/mol. The first-order valence-electron chi connectivity index (χ1n) is 20.4. The smallest absolute Gasteiger partial charge is 0.401 e. The van der Waals surface area contributed by atoms with Gasteiger partial charge in [-0.2, -0.15) is 0 Å². The van der Waals surface area contributed by atoms with Gasteiger partial charge in [-0.05, 0) is 81.8 Å².